The minimum Gasteiger partial charge on any atom is -0.465 e. The van der Waals surface area contributed by atoms with Crippen molar-refractivity contribution in [2.45, 2.75) is 19.4 Å². The monoisotopic (exact) mass is 286 g/mol. The van der Waals surface area contributed by atoms with E-state index in [0.29, 0.717) is 5.56 Å². The Hall–Kier alpha value is -0.870. The number of benzene rings is 1. The van der Waals surface area contributed by atoms with Crippen LogP contribution in [0.2, 0.25) is 0 Å². The van der Waals surface area contributed by atoms with Gasteiger partial charge >= 0.3 is 5.97 Å². The highest BCUT2D eigenvalue weighted by atomic mass is 79.9. The van der Waals surface area contributed by atoms with Crippen LogP contribution in [0, 0.1) is 0 Å². The van der Waals surface area contributed by atoms with Crippen LogP contribution in [0.4, 0.5) is 0 Å². The first-order valence-corrected chi connectivity index (χ1v) is 5.64. The highest BCUT2D eigenvalue weighted by Crippen LogP contribution is 2.28. The molecular weight excluding hydrogens is 272 g/mol. The molecule has 16 heavy (non-hydrogen) atoms. The Morgan fingerprint density at radius 1 is 1.25 bits per heavy atom. The van der Waals surface area contributed by atoms with E-state index >= 15 is 0 Å². The second-order valence-electron chi connectivity index (χ2n) is 3.93. The third kappa shape index (κ3) is 2.83. The van der Waals surface area contributed by atoms with Gasteiger partial charge in [0.2, 0.25) is 0 Å². The minimum atomic E-state index is -0.438. The highest BCUT2D eigenvalue weighted by molar-refractivity contribution is 9.10. The Balaban J connectivity index is 3.23. The van der Waals surface area contributed by atoms with Gasteiger partial charge in [-0.05, 0) is 37.6 Å². The van der Waals surface area contributed by atoms with E-state index in [1.165, 1.54) is 7.11 Å². The van der Waals surface area contributed by atoms with Gasteiger partial charge in [0.25, 0.3) is 0 Å². The maximum atomic E-state index is 11.4. The molecule has 0 aromatic heterocycles. The van der Waals surface area contributed by atoms with Gasteiger partial charge in [-0.1, -0.05) is 15.9 Å². The molecule has 1 rings (SSSR count). The summed E-state index contributed by atoms with van der Waals surface area (Å²) in [5, 5.41) is 0. The van der Waals surface area contributed by atoms with Gasteiger partial charge in [-0.3, -0.25) is 0 Å². The molecule has 0 N–H and O–H groups in total. The zero-order valence-corrected chi connectivity index (χ0v) is 11.4. The summed E-state index contributed by atoms with van der Waals surface area (Å²) in [6, 6.07) is 5.43. The Labute approximate surface area is 104 Å². The van der Waals surface area contributed by atoms with Gasteiger partial charge in [-0.2, -0.15) is 0 Å². The fourth-order valence-electron chi connectivity index (χ4n) is 1.29. The Morgan fingerprint density at radius 2 is 1.88 bits per heavy atom. The molecule has 0 heterocycles. The molecule has 4 heteroatoms. The number of methoxy groups -OCH3 is 2. The molecule has 0 aliphatic carbocycles. The van der Waals surface area contributed by atoms with Crippen molar-refractivity contribution in [3.63, 3.8) is 0 Å². The van der Waals surface area contributed by atoms with Crippen LogP contribution in [0.15, 0.2) is 22.7 Å². The van der Waals surface area contributed by atoms with Crippen LogP contribution in [0.3, 0.4) is 0 Å². The Bertz CT molecular complexity index is 399. The molecule has 0 saturated carbocycles. The van der Waals surface area contributed by atoms with E-state index in [1.54, 1.807) is 19.2 Å². The number of carbonyl (C=O) groups excluding carboxylic acids is 1. The van der Waals surface area contributed by atoms with E-state index < -0.39 is 5.60 Å². The van der Waals surface area contributed by atoms with Crippen molar-refractivity contribution < 1.29 is 14.3 Å². The molecule has 0 aliphatic rings. The van der Waals surface area contributed by atoms with Crippen LogP contribution in [-0.2, 0) is 15.1 Å². The van der Waals surface area contributed by atoms with Gasteiger partial charge in [0.1, 0.15) is 0 Å². The Kier molecular flexibility index (Phi) is 4.10. The van der Waals surface area contributed by atoms with E-state index in [0.717, 1.165) is 10.0 Å². The standard InChI is InChI=1S/C12H15BrO3/c1-12(2,16-4)9-5-8(11(14)15-3)6-10(13)7-9/h5-7H,1-4H3. The Morgan fingerprint density at radius 3 is 2.38 bits per heavy atom. The van der Waals surface area contributed by atoms with E-state index in [-0.39, 0.29) is 5.97 Å². The van der Waals surface area contributed by atoms with E-state index in [4.69, 9.17) is 9.47 Å². The number of rotatable bonds is 3. The van der Waals surface area contributed by atoms with Crippen molar-refractivity contribution in [1.82, 2.24) is 0 Å². The molecule has 3 nitrogen and oxygen atoms in total. The summed E-state index contributed by atoms with van der Waals surface area (Å²) in [6.45, 7) is 3.88. The van der Waals surface area contributed by atoms with Crippen molar-refractivity contribution in [3.8, 4) is 0 Å². The second-order valence-corrected chi connectivity index (χ2v) is 4.85. The average Bonchev–Trinajstić information content (AvgIpc) is 2.27. The molecule has 0 unspecified atom stereocenters. The fraction of sp³-hybridized carbons (Fsp3) is 0.417. The van der Waals surface area contributed by atoms with Crippen LogP contribution in [-0.4, -0.2) is 20.2 Å². The van der Waals surface area contributed by atoms with Crippen LogP contribution in [0.5, 0.6) is 0 Å². The molecular formula is C12H15BrO3. The SMILES string of the molecule is COC(=O)c1cc(Br)cc(C(C)(C)OC)c1. The molecule has 0 saturated heterocycles. The van der Waals surface area contributed by atoms with Gasteiger partial charge in [-0.25, -0.2) is 4.79 Å². The zero-order chi connectivity index (χ0) is 12.3. The number of ether oxygens (including phenoxy) is 2. The largest absolute Gasteiger partial charge is 0.465 e. The number of carbonyl (C=O) groups is 1. The van der Waals surface area contributed by atoms with Gasteiger partial charge in [0.05, 0.1) is 18.3 Å². The summed E-state index contributed by atoms with van der Waals surface area (Å²) >= 11 is 3.37. The molecule has 0 bridgehead atoms. The summed E-state index contributed by atoms with van der Waals surface area (Å²) in [4.78, 5) is 11.4. The first-order chi connectivity index (χ1) is 7.40. The van der Waals surface area contributed by atoms with Crippen LogP contribution < -0.4 is 0 Å². The number of esters is 1. The van der Waals surface area contributed by atoms with Crippen molar-refractivity contribution in [3.05, 3.63) is 33.8 Å². The van der Waals surface area contributed by atoms with Crippen LogP contribution in [0.25, 0.3) is 0 Å². The zero-order valence-electron chi connectivity index (χ0n) is 9.83. The molecule has 0 radical (unpaired) electrons. The van der Waals surface area contributed by atoms with Crippen LogP contribution >= 0.6 is 15.9 Å². The van der Waals surface area contributed by atoms with Crippen LogP contribution in [0.1, 0.15) is 29.8 Å². The van der Waals surface area contributed by atoms with E-state index in [1.807, 2.05) is 19.9 Å². The normalized spacial score (nSPS) is 11.3. The predicted octanol–water partition coefficient (Wildman–Crippen LogP) is 3.12. The summed E-state index contributed by atoms with van der Waals surface area (Å²) in [7, 11) is 3.00. The lowest BCUT2D eigenvalue weighted by molar-refractivity contribution is 0.0190. The maximum Gasteiger partial charge on any atom is 0.337 e. The average molecular weight is 287 g/mol. The third-order valence-electron chi connectivity index (χ3n) is 2.52. The summed E-state index contributed by atoms with van der Waals surface area (Å²) in [6.07, 6.45) is 0. The molecule has 1 aromatic rings. The van der Waals surface area contributed by atoms with Gasteiger partial charge in [0, 0.05) is 11.6 Å². The first-order valence-electron chi connectivity index (χ1n) is 4.85. The fourth-order valence-corrected chi connectivity index (χ4v) is 1.78. The predicted molar refractivity (Wildman–Crippen MR) is 65.5 cm³/mol. The minimum absolute atomic E-state index is 0.352. The van der Waals surface area contributed by atoms with Gasteiger partial charge in [-0.15, -0.1) is 0 Å². The maximum absolute atomic E-state index is 11.4. The molecule has 0 atom stereocenters. The topological polar surface area (TPSA) is 35.5 Å². The lowest BCUT2D eigenvalue weighted by Gasteiger charge is -2.24. The second kappa shape index (κ2) is 4.97. The highest BCUT2D eigenvalue weighted by Gasteiger charge is 2.21. The number of halogens is 1. The lowest BCUT2D eigenvalue weighted by atomic mass is 9.96. The lowest BCUT2D eigenvalue weighted by Crippen LogP contribution is -2.20. The van der Waals surface area contributed by atoms with Crippen molar-refractivity contribution in [2.75, 3.05) is 14.2 Å². The number of hydrogen-bond donors (Lipinski definition) is 0. The number of hydrogen-bond acceptors (Lipinski definition) is 3. The van der Waals surface area contributed by atoms with E-state index in [9.17, 15) is 4.79 Å². The quantitative estimate of drug-likeness (QED) is 0.801. The first kappa shape index (κ1) is 13.2. The van der Waals surface area contributed by atoms with Crippen molar-refractivity contribution in [2.24, 2.45) is 0 Å². The van der Waals surface area contributed by atoms with Crippen molar-refractivity contribution in [1.29, 1.82) is 0 Å². The molecule has 1 aromatic carbocycles. The molecule has 88 valence electrons. The summed E-state index contributed by atoms with van der Waals surface area (Å²) < 4.78 is 10.9. The van der Waals surface area contributed by atoms with Gasteiger partial charge in [0.15, 0.2) is 0 Å². The van der Waals surface area contributed by atoms with E-state index in [2.05, 4.69) is 15.9 Å². The molecule has 0 aliphatic heterocycles. The molecule has 0 amide bonds. The third-order valence-corrected chi connectivity index (χ3v) is 2.98. The summed E-state index contributed by atoms with van der Waals surface area (Å²) in [5.41, 5.74) is 0.994. The van der Waals surface area contributed by atoms with Crippen molar-refractivity contribution >= 4 is 21.9 Å². The van der Waals surface area contributed by atoms with Gasteiger partial charge < -0.3 is 9.47 Å². The molecule has 0 fully saturated rings. The smallest absolute Gasteiger partial charge is 0.337 e. The molecule has 0 spiro atoms. The summed E-state index contributed by atoms with van der Waals surface area (Å²) in [5.74, 6) is -0.352.